The zero-order chi connectivity index (χ0) is 12.3. The molecule has 2 heterocycles. The number of hydrogen-bond acceptors (Lipinski definition) is 4. The molecule has 0 aromatic carbocycles. The monoisotopic (exact) mass is 253 g/mol. The molecule has 0 bridgehead atoms. The number of aromatic nitrogens is 1. The summed E-state index contributed by atoms with van der Waals surface area (Å²) in [6, 6.07) is 0. The molecule has 5 heteroatoms. The van der Waals surface area contributed by atoms with Crippen molar-refractivity contribution in [2.75, 3.05) is 26.2 Å². The number of carbonyl (C=O) groups is 1. The first-order valence-electron chi connectivity index (χ1n) is 6.24. The summed E-state index contributed by atoms with van der Waals surface area (Å²) in [5.41, 5.74) is 1.12. The van der Waals surface area contributed by atoms with Gasteiger partial charge in [0.15, 0.2) is 5.01 Å². The second kappa shape index (κ2) is 5.60. The Balaban J connectivity index is 2.19. The Morgan fingerprint density at radius 3 is 2.76 bits per heavy atom. The number of hydrogen-bond donors (Lipinski definition) is 1. The third kappa shape index (κ3) is 2.66. The molecule has 0 fully saturated rings. The number of amides is 1. The Kier molecular flexibility index (Phi) is 4.12. The fraction of sp³-hybridized carbons (Fsp3) is 0.667. The fourth-order valence-electron chi connectivity index (χ4n) is 2.05. The van der Waals surface area contributed by atoms with Crippen LogP contribution >= 0.6 is 11.3 Å². The Labute approximate surface area is 106 Å². The van der Waals surface area contributed by atoms with Crippen LogP contribution < -0.4 is 5.32 Å². The molecule has 0 aliphatic carbocycles. The van der Waals surface area contributed by atoms with Gasteiger partial charge in [0, 0.05) is 37.5 Å². The summed E-state index contributed by atoms with van der Waals surface area (Å²) in [5.74, 6) is 0.0843. The molecule has 1 amide bonds. The topological polar surface area (TPSA) is 45.2 Å². The van der Waals surface area contributed by atoms with Crippen LogP contribution in [0, 0.1) is 0 Å². The maximum atomic E-state index is 12.2. The molecule has 1 aromatic rings. The molecule has 17 heavy (non-hydrogen) atoms. The van der Waals surface area contributed by atoms with E-state index in [2.05, 4.69) is 10.3 Å². The minimum Gasteiger partial charge on any atom is -0.337 e. The van der Waals surface area contributed by atoms with Gasteiger partial charge in [0.2, 0.25) is 0 Å². The molecule has 0 saturated carbocycles. The van der Waals surface area contributed by atoms with Crippen LogP contribution in [0.15, 0.2) is 0 Å². The van der Waals surface area contributed by atoms with Gasteiger partial charge in [-0.1, -0.05) is 0 Å². The average Bonchev–Trinajstić information content (AvgIpc) is 2.62. The van der Waals surface area contributed by atoms with Crippen molar-refractivity contribution in [2.24, 2.45) is 0 Å². The molecule has 1 aromatic heterocycles. The number of thiazole rings is 1. The molecule has 0 saturated heterocycles. The average molecular weight is 253 g/mol. The van der Waals surface area contributed by atoms with Gasteiger partial charge in [0.1, 0.15) is 0 Å². The summed E-state index contributed by atoms with van der Waals surface area (Å²) >= 11 is 1.57. The molecule has 0 radical (unpaired) electrons. The maximum Gasteiger partial charge on any atom is 0.282 e. The summed E-state index contributed by atoms with van der Waals surface area (Å²) in [7, 11) is 0. The van der Waals surface area contributed by atoms with E-state index in [1.165, 1.54) is 4.88 Å². The zero-order valence-corrected chi connectivity index (χ0v) is 11.3. The lowest BCUT2D eigenvalue weighted by atomic mass is 10.2. The van der Waals surface area contributed by atoms with Gasteiger partial charge in [-0.25, -0.2) is 4.98 Å². The normalized spacial score (nSPS) is 15.2. The number of rotatable bonds is 3. The number of carbonyl (C=O) groups excluding carboxylic acids is 1. The van der Waals surface area contributed by atoms with Gasteiger partial charge in [0.05, 0.1) is 5.69 Å². The van der Waals surface area contributed by atoms with Crippen molar-refractivity contribution in [2.45, 2.75) is 26.7 Å². The first kappa shape index (κ1) is 12.5. The SMILES string of the molecule is CCN(CC)C(=O)c1nc2c(s1)CCNCC2. The third-order valence-electron chi connectivity index (χ3n) is 3.08. The molecule has 0 unspecified atom stereocenters. The summed E-state index contributed by atoms with van der Waals surface area (Å²) in [6.45, 7) is 7.47. The zero-order valence-electron chi connectivity index (χ0n) is 10.5. The number of nitrogens with zero attached hydrogens (tertiary/aromatic N) is 2. The van der Waals surface area contributed by atoms with Gasteiger partial charge in [-0.3, -0.25) is 4.79 Å². The van der Waals surface area contributed by atoms with E-state index in [9.17, 15) is 4.79 Å². The first-order valence-corrected chi connectivity index (χ1v) is 7.06. The largest absolute Gasteiger partial charge is 0.337 e. The van der Waals surface area contributed by atoms with Gasteiger partial charge < -0.3 is 10.2 Å². The van der Waals surface area contributed by atoms with Crippen LogP contribution in [0.25, 0.3) is 0 Å². The Morgan fingerprint density at radius 1 is 1.35 bits per heavy atom. The highest BCUT2D eigenvalue weighted by Gasteiger charge is 2.20. The van der Waals surface area contributed by atoms with Crippen LogP contribution in [-0.4, -0.2) is 42.0 Å². The van der Waals surface area contributed by atoms with E-state index < -0.39 is 0 Å². The van der Waals surface area contributed by atoms with Crippen LogP contribution in [0.2, 0.25) is 0 Å². The van der Waals surface area contributed by atoms with Gasteiger partial charge in [0.25, 0.3) is 5.91 Å². The van der Waals surface area contributed by atoms with E-state index in [1.807, 2.05) is 18.7 Å². The summed E-state index contributed by atoms with van der Waals surface area (Å²) in [4.78, 5) is 19.8. The van der Waals surface area contributed by atoms with Crippen LogP contribution in [0.4, 0.5) is 0 Å². The van der Waals surface area contributed by atoms with Crippen LogP contribution in [-0.2, 0) is 12.8 Å². The van der Waals surface area contributed by atoms with Gasteiger partial charge in [-0.2, -0.15) is 0 Å². The van der Waals surface area contributed by atoms with Crippen LogP contribution in [0.3, 0.4) is 0 Å². The van der Waals surface area contributed by atoms with E-state index >= 15 is 0 Å². The predicted octanol–water partition coefficient (Wildman–Crippen LogP) is 1.31. The van der Waals surface area contributed by atoms with E-state index in [4.69, 9.17) is 0 Å². The first-order chi connectivity index (χ1) is 8.26. The number of nitrogens with one attached hydrogen (secondary N) is 1. The van der Waals surface area contributed by atoms with E-state index in [0.29, 0.717) is 5.01 Å². The fourth-order valence-corrected chi connectivity index (χ4v) is 3.12. The lowest BCUT2D eigenvalue weighted by molar-refractivity contribution is 0.0772. The van der Waals surface area contributed by atoms with Gasteiger partial charge >= 0.3 is 0 Å². The van der Waals surface area contributed by atoms with E-state index in [0.717, 1.165) is 44.7 Å². The smallest absolute Gasteiger partial charge is 0.282 e. The molecule has 0 spiro atoms. The maximum absolute atomic E-state index is 12.2. The van der Waals surface area contributed by atoms with Crippen molar-refractivity contribution < 1.29 is 4.79 Å². The molecule has 1 aliphatic rings. The van der Waals surface area contributed by atoms with Gasteiger partial charge in [-0.15, -0.1) is 11.3 Å². The molecule has 1 aliphatic heterocycles. The molecule has 2 rings (SSSR count). The molecule has 94 valence electrons. The third-order valence-corrected chi connectivity index (χ3v) is 4.22. The van der Waals surface area contributed by atoms with Crippen molar-refractivity contribution in [3.8, 4) is 0 Å². The van der Waals surface area contributed by atoms with Crippen LogP contribution in [0.1, 0.15) is 34.2 Å². The van der Waals surface area contributed by atoms with Crippen molar-refractivity contribution >= 4 is 17.2 Å². The Morgan fingerprint density at radius 2 is 2.06 bits per heavy atom. The summed E-state index contributed by atoms with van der Waals surface area (Å²) < 4.78 is 0. The second-order valence-electron chi connectivity index (χ2n) is 4.12. The van der Waals surface area contributed by atoms with Crippen molar-refractivity contribution in [3.63, 3.8) is 0 Å². The summed E-state index contributed by atoms with van der Waals surface area (Å²) in [5, 5.41) is 4.01. The van der Waals surface area contributed by atoms with Crippen molar-refractivity contribution in [3.05, 3.63) is 15.6 Å². The Hall–Kier alpha value is -0.940. The minimum absolute atomic E-state index is 0.0843. The molecular weight excluding hydrogens is 234 g/mol. The molecule has 1 N–H and O–H groups in total. The molecule has 4 nitrogen and oxygen atoms in total. The quantitative estimate of drug-likeness (QED) is 0.883. The number of fused-ring (bicyclic) bond motifs is 1. The van der Waals surface area contributed by atoms with Crippen LogP contribution in [0.5, 0.6) is 0 Å². The highest BCUT2D eigenvalue weighted by molar-refractivity contribution is 7.13. The van der Waals surface area contributed by atoms with Crippen molar-refractivity contribution in [1.82, 2.24) is 15.2 Å². The van der Waals surface area contributed by atoms with E-state index in [-0.39, 0.29) is 5.91 Å². The Bertz CT molecular complexity index is 375. The predicted molar refractivity (Wildman–Crippen MR) is 69.6 cm³/mol. The summed E-state index contributed by atoms with van der Waals surface area (Å²) in [6.07, 6.45) is 1.94. The molecular formula is C12H19N3OS. The standard InChI is InChI=1S/C12H19N3OS/c1-3-15(4-2)12(16)11-14-9-5-7-13-8-6-10(9)17-11/h13H,3-8H2,1-2H3. The molecule has 0 atom stereocenters. The minimum atomic E-state index is 0.0843. The highest BCUT2D eigenvalue weighted by atomic mass is 32.1. The van der Waals surface area contributed by atoms with Crippen molar-refractivity contribution in [1.29, 1.82) is 0 Å². The second-order valence-corrected chi connectivity index (χ2v) is 5.20. The van der Waals surface area contributed by atoms with E-state index in [1.54, 1.807) is 11.3 Å². The lowest BCUT2D eigenvalue weighted by Crippen LogP contribution is -2.30. The lowest BCUT2D eigenvalue weighted by Gasteiger charge is -2.16. The van der Waals surface area contributed by atoms with Gasteiger partial charge in [-0.05, 0) is 20.3 Å². The highest BCUT2D eigenvalue weighted by Crippen LogP contribution is 2.22.